The average molecular weight is 384 g/mol. The van der Waals surface area contributed by atoms with E-state index in [-0.39, 0.29) is 0 Å². The van der Waals surface area contributed by atoms with E-state index >= 15 is 0 Å². The van der Waals surface area contributed by atoms with Crippen molar-refractivity contribution >= 4 is 22.8 Å². The lowest BCUT2D eigenvalue weighted by Crippen LogP contribution is -2.07. The van der Waals surface area contributed by atoms with Crippen LogP contribution in [-0.2, 0) is 11.2 Å². The Hall–Kier alpha value is -2.38. The molecule has 0 spiro atoms. The third-order valence-electron chi connectivity index (χ3n) is 4.39. The summed E-state index contributed by atoms with van der Waals surface area (Å²) in [5.74, 6) is 2.10. The normalized spacial score (nSPS) is 12.4. The highest BCUT2D eigenvalue weighted by molar-refractivity contribution is 7.91. The zero-order chi connectivity index (χ0) is 19.6. The summed E-state index contributed by atoms with van der Waals surface area (Å²) in [6.45, 7) is 10.2. The summed E-state index contributed by atoms with van der Waals surface area (Å²) in [7, 11) is 0. The van der Waals surface area contributed by atoms with Crippen LogP contribution in [0.3, 0.4) is 0 Å². The molecule has 1 aromatic carbocycles. The van der Waals surface area contributed by atoms with Gasteiger partial charge in [0, 0.05) is 17.9 Å². The topological polar surface area (TPSA) is 78.7 Å². The number of aromatic nitrogens is 4. The lowest BCUT2D eigenvalue weighted by molar-refractivity contribution is 0.587. The molecule has 6 nitrogen and oxygen atoms in total. The molecular formula is C20H25N5OS. The number of nitrogens with one attached hydrogen (secondary N) is 1. The predicted molar refractivity (Wildman–Crippen MR) is 110 cm³/mol. The fourth-order valence-corrected chi connectivity index (χ4v) is 3.92. The summed E-state index contributed by atoms with van der Waals surface area (Å²) in [4.78, 5) is 14.3. The minimum absolute atomic E-state index is 0.295. The Kier molecular flexibility index (Phi) is 5.82. The summed E-state index contributed by atoms with van der Waals surface area (Å²) >= 11 is -0.958. The Bertz CT molecular complexity index is 938. The fourth-order valence-electron chi connectivity index (χ4n) is 3.06. The number of imidazole rings is 1. The second kappa shape index (κ2) is 8.10. The molecule has 3 rings (SSSR count). The van der Waals surface area contributed by atoms with Crippen LogP contribution in [0, 0.1) is 13.8 Å². The highest BCUT2D eigenvalue weighted by Gasteiger charge is 2.14. The van der Waals surface area contributed by atoms with Gasteiger partial charge in [-0.2, -0.15) is 0 Å². The molecule has 0 saturated carbocycles. The van der Waals surface area contributed by atoms with Gasteiger partial charge in [0.25, 0.3) is 0 Å². The SMILES string of the molecule is CC[S+]([O-])c1ccc(Nc2nccc(-c3cnc(C)n3C(C)C)n2)c(C)c1. The Labute approximate surface area is 163 Å². The Morgan fingerprint density at radius 2 is 1.96 bits per heavy atom. The number of nitrogens with zero attached hydrogens (tertiary/aromatic N) is 4. The molecular weight excluding hydrogens is 358 g/mol. The quantitative estimate of drug-likeness (QED) is 0.638. The maximum Gasteiger partial charge on any atom is 0.227 e. The molecule has 1 atom stereocenters. The van der Waals surface area contributed by atoms with Crippen LogP contribution in [0.4, 0.5) is 11.6 Å². The van der Waals surface area contributed by atoms with Crippen molar-refractivity contribution in [3.05, 3.63) is 48.0 Å². The molecule has 2 aromatic heterocycles. The van der Waals surface area contributed by atoms with Crippen molar-refractivity contribution in [1.29, 1.82) is 0 Å². The number of anilines is 2. The third kappa shape index (κ3) is 4.14. The zero-order valence-electron chi connectivity index (χ0n) is 16.4. The molecule has 7 heteroatoms. The highest BCUT2D eigenvalue weighted by Crippen LogP contribution is 2.26. The lowest BCUT2D eigenvalue weighted by atomic mass is 10.2. The lowest BCUT2D eigenvalue weighted by Gasteiger charge is -2.15. The first-order chi connectivity index (χ1) is 12.9. The average Bonchev–Trinajstić information content (AvgIpc) is 3.05. The Balaban J connectivity index is 1.89. The van der Waals surface area contributed by atoms with Crippen molar-refractivity contribution < 1.29 is 4.55 Å². The van der Waals surface area contributed by atoms with Crippen molar-refractivity contribution in [3.63, 3.8) is 0 Å². The van der Waals surface area contributed by atoms with E-state index in [1.807, 2.05) is 51.2 Å². The minimum Gasteiger partial charge on any atom is -0.611 e. The van der Waals surface area contributed by atoms with Crippen molar-refractivity contribution in [3.8, 4) is 11.4 Å². The van der Waals surface area contributed by atoms with Gasteiger partial charge < -0.3 is 14.4 Å². The Morgan fingerprint density at radius 3 is 2.63 bits per heavy atom. The van der Waals surface area contributed by atoms with Crippen LogP contribution in [0.5, 0.6) is 0 Å². The van der Waals surface area contributed by atoms with Crippen LogP contribution in [0.25, 0.3) is 11.4 Å². The van der Waals surface area contributed by atoms with Crippen LogP contribution in [0.15, 0.2) is 41.6 Å². The van der Waals surface area contributed by atoms with Gasteiger partial charge in [-0.3, -0.25) is 0 Å². The molecule has 3 aromatic rings. The molecule has 0 aliphatic carbocycles. The molecule has 142 valence electrons. The van der Waals surface area contributed by atoms with E-state index in [4.69, 9.17) is 0 Å². The second-order valence-corrected chi connectivity index (χ2v) is 8.40. The van der Waals surface area contributed by atoms with E-state index in [9.17, 15) is 4.55 Å². The van der Waals surface area contributed by atoms with Crippen LogP contribution < -0.4 is 5.32 Å². The van der Waals surface area contributed by atoms with Gasteiger partial charge in [0.15, 0.2) is 4.90 Å². The van der Waals surface area contributed by atoms with Gasteiger partial charge in [0.1, 0.15) is 11.6 Å². The number of hydrogen-bond donors (Lipinski definition) is 1. The molecule has 0 aliphatic rings. The van der Waals surface area contributed by atoms with Gasteiger partial charge in [-0.1, -0.05) is 0 Å². The maximum absolute atomic E-state index is 12.0. The highest BCUT2D eigenvalue weighted by atomic mass is 32.2. The molecule has 1 unspecified atom stereocenters. The van der Waals surface area contributed by atoms with E-state index in [2.05, 4.69) is 38.7 Å². The molecule has 0 radical (unpaired) electrons. The van der Waals surface area contributed by atoms with Gasteiger partial charge in [-0.15, -0.1) is 0 Å². The van der Waals surface area contributed by atoms with Crippen LogP contribution in [-0.4, -0.2) is 29.8 Å². The van der Waals surface area contributed by atoms with Gasteiger partial charge >= 0.3 is 0 Å². The van der Waals surface area contributed by atoms with Crippen LogP contribution >= 0.6 is 0 Å². The van der Waals surface area contributed by atoms with Gasteiger partial charge in [0.2, 0.25) is 5.95 Å². The van der Waals surface area contributed by atoms with E-state index in [1.165, 1.54) is 0 Å². The van der Waals surface area contributed by atoms with Gasteiger partial charge in [-0.05, 0) is 75.6 Å². The summed E-state index contributed by atoms with van der Waals surface area (Å²) < 4.78 is 14.1. The van der Waals surface area contributed by atoms with Crippen LogP contribution in [0.2, 0.25) is 0 Å². The smallest absolute Gasteiger partial charge is 0.227 e. The van der Waals surface area contributed by atoms with Crippen molar-refractivity contribution in [2.24, 2.45) is 0 Å². The number of aryl methyl sites for hydroxylation is 2. The first kappa shape index (κ1) is 19.4. The van der Waals surface area contributed by atoms with E-state index in [0.29, 0.717) is 17.7 Å². The zero-order valence-corrected chi connectivity index (χ0v) is 17.2. The van der Waals surface area contributed by atoms with Crippen LogP contribution in [0.1, 0.15) is 38.2 Å². The minimum atomic E-state index is -0.958. The summed E-state index contributed by atoms with van der Waals surface area (Å²) in [6.07, 6.45) is 3.59. The van der Waals surface area contributed by atoms with E-state index in [0.717, 1.165) is 33.4 Å². The first-order valence-electron chi connectivity index (χ1n) is 9.04. The van der Waals surface area contributed by atoms with E-state index in [1.54, 1.807) is 6.20 Å². The summed E-state index contributed by atoms with van der Waals surface area (Å²) in [6, 6.07) is 7.94. The third-order valence-corrected chi connectivity index (χ3v) is 5.69. The molecule has 2 heterocycles. The molecule has 0 fully saturated rings. The number of hydrogen-bond acceptors (Lipinski definition) is 5. The van der Waals surface area contributed by atoms with Gasteiger partial charge in [-0.25, -0.2) is 15.0 Å². The number of rotatable bonds is 6. The summed E-state index contributed by atoms with van der Waals surface area (Å²) in [5, 5.41) is 3.27. The van der Waals surface area contributed by atoms with E-state index < -0.39 is 11.2 Å². The molecule has 0 saturated heterocycles. The van der Waals surface area contributed by atoms with Crippen molar-refractivity contribution in [2.75, 3.05) is 11.1 Å². The summed E-state index contributed by atoms with van der Waals surface area (Å²) in [5.41, 5.74) is 3.70. The Morgan fingerprint density at radius 1 is 1.19 bits per heavy atom. The number of benzene rings is 1. The molecule has 0 bridgehead atoms. The molecule has 0 amide bonds. The standard InChI is InChI=1S/C20H25N5OS/c1-6-27(26)16-7-8-17(14(4)11-16)23-20-21-10-9-18(24-20)19-12-22-15(5)25(19)13(2)3/h7-13H,6H2,1-5H3,(H,21,23,24). The monoisotopic (exact) mass is 383 g/mol. The van der Waals surface area contributed by atoms with Crippen molar-refractivity contribution in [1.82, 2.24) is 19.5 Å². The second-order valence-electron chi connectivity index (χ2n) is 6.66. The maximum atomic E-state index is 12.0. The molecule has 1 N–H and O–H groups in total. The van der Waals surface area contributed by atoms with Crippen molar-refractivity contribution in [2.45, 2.75) is 45.6 Å². The molecule has 0 aliphatic heterocycles. The van der Waals surface area contributed by atoms with Gasteiger partial charge in [0.05, 0.1) is 17.6 Å². The first-order valence-corrected chi connectivity index (χ1v) is 10.4. The molecule has 27 heavy (non-hydrogen) atoms. The fraction of sp³-hybridized carbons (Fsp3) is 0.350. The largest absolute Gasteiger partial charge is 0.611 e. The predicted octanol–water partition coefficient (Wildman–Crippen LogP) is 4.41.